The van der Waals surface area contributed by atoms with Crippen LogP contribution in [0, 0.1) is 18.3 Å². The maximum absolute atomic E-state index is 11.4. The molecule has 2 aliphatic rings. The van der Waals surface area contributed by atoms with E-state index in [1.165, 1.54) is 6.26 Å². The van der Waals surface area contributed by atoms with E-state index in [1.807, 2.05) is 13.0 Å². The van der Waals surface area contributed by atoms with Crippen LogP contribution < -0.4 is 4.72 Å². The number of fused-ring (bicyclic) bond motifs is 1. The van der Waals surface area contributed by atoms with Crippen molar-refractivity contribution in [1.29, 1.82) is 0 Å². The number of hydrogen-bond acceptors (Lipinski definition) is 6. The molecule has 1 aromatic heterocycles. The fourth-order valence-corrected chi connectivity index (χ4v) is 3.86. The molecule has 0 aliphatic carbocycles. The molecule has 0 unspecified atom stereocenters. The topological polar surface area (TPSA) is 84.7 Å². The van der Waals surface area contributed by atoms with E-state index in [4.69, 9.17) is 9.26 Å². The summed E-state index contributed by atoms with van der Waals surface area (Å²) in [6, 6.07) is 1.94. The van der Waals surface area contributed by atoms with Gasteiger partial charge in [0, 0.05) is 43.6 Å². The molecular formula is C13H21N3O4S. The van der Waals surface area contributed by atoms with Crippen LogP contribution in [0.5, 0.6) is 0 Å². The van der Waals surface area contributed by atoms with Crippen LogP contribution in [0.25, 0.3) is 0 Å². The van der Waals surface area contributed by atoms with Crippen LogP contribution in [-0.2, 0) is 21.3 Å². The number of aromatic nitrogens is 1. The van der Waals surface area contributed by atoms with Crippen molar-refractivity contribution in [1.82, 2.24) is 14.8 Å². The van der Waals surface area contributed by atoms with Crippen LogP contribution in [0.4, 0.5) is 0 Å². The molecule has 2 saturated heterocycles. The first-order valence-electron chi connectivity index (χ1n) is 7.03. The summed E-state index contributed by atoms with van der Waals surface area (Å²) in [5, 5.41) is 4.02. The van der Waals surface area contributed by atoms with E-state index in [0.717, 1.165) is 31.1 Å². The van der Waals surface area contributed by atoms with Gasteiger partial charge in [-0.15, -0.1) is 0 Å². The summed E-state index contributed by atoms with van der Waals surface area (Å²) in [4.78, 5) is 2.30. The van der Waals surface area contributed by atoms with Gasteiger partial charge in [0.2, 0.25) is 10.0 Å². The molecular weight excluding hydrogens is 294 g/mol. The minimum absolute atomic E-state index is 0.123. The fourth-order valence-electron chi connectivity index (χ4n) is 3.31. The number of likely N-dealkylation sites (tertiary alicyclic amines) is 1. The molecule has 1 aromatic rings. The number of nitrogens with one attached hydrogen (secondary N) is 1. The Morgan fingerprint density at radius 2 is 2.38 bits per heavy atom. The second-order valence-corrected chi connectivity index (χ2v) is 8.10. The van der Waals surface area contributed by atoms with E-state index in [0.29, 0.717) is 25.7 Å². The third kappa shape index (κ3) is 3.28. The molecule has 2 atom stereocenters. The van der Waals surface area contributed by atoms with Crippen LogP contribution in [-0.4, -0.2) is 57.6 Å². The fraction of sp³-hybridized carbons (Fsp3) is 0.769. The first-order valence-corrected chi connectivity index (χ1v) is 8.92. The minimum Gasteiger partial charge on any atom is -0.380 e. The molecule has 2 aliphatic heterocycles. The molecule has 1 N–H and O–H groups in total. The molecule has 0 radical (unpaired) electrons. The zero-order chi connectivity index (χ0) is 15.1. The van der Waals surface area contributed by atoms with Crippen molar-refractivity contribution in [3.8, 4) is 0 Å². The molecule has 0 spiro atoms. The summed E-state index contributed by atoms with van der Waals surface area (Å²) in [5.74, 6) is 1.17. The Morgan fingerprint density at radius 1 is 1.57 bits per heavy atom. The largest absolute Gasteiger partial charge is 0.380 e. The summed E-state index contributed by atoms with van der Waals surface area (Å²) < 4.78 is 36.0. The number of nitrogens with zero attached hydrogens (tertiary/aromatic N) is 2. The smallest absolute Gasteiger partial charge is 0.208 e. The Bertz CT molecular complexity index is 615. The molecule has 0 bridgehead atoms. The van der Waals surface area contributed by atoms with Crippen molar-refractivity contribution in [2.75, 3.05) is 39.1 Å². The molecule has 7 nitrogen and oxygen atoms in total. The van der Waals surface area contributed by atoms with Gasteiger partial charge in [-0.3, -0.25) is 4.90 Å². The molecule has 0 aromatic carbocycles. The van der Waals surface area contributed by atoms with E-state index in [-0.39, 0.29) is 5.41 Å². The lowest BCUT2D eigenvalue weighted by Crippen LogP contribution is -2.42. The highest BCUT2D eigenvalue weighted by Gasteiger charge is 2.50. The number of ether oxygens (including phenoxy) is 1. The number of rotatable bonds is 5. The maximum atomic E-state index is 11.4. The van der Waals surface area contributed by atoms with Crippen LogP contribution in [0.15, 0.2) is 10.6 Å². The maximum Gasteiger partial charge on any atom is 0.208 e. The summed E-state index contributed by atoms with van der Waals surface area (Å²) in [7, 11) is -3.18. The normalized spacial score (nSPS) is 29.9. The molecule has 3 heterocycles. The summed E-state index contributed by atoms with van der Waals surface area (Å²) in [5.41, 5.74) is 0.793. The molecule has 8 heteroatoms. The average Bonchev–Trinajstić information content (AvgIpc) is 3.01. The van der Waals surface area contributed by atoms with Crippen molar-refractivity contribution in [3.63, 3.8) is 0 Å². The van der Waals surface area contributed by atoms with Crippen LogP contribution >= 0.6 is 0 Å². The van der Waals surface area contributed by atoms with Gasteiger partial charge in [-0.1, -0.05) is 5.16 Å². The average molecular weight is 315 g/mol. The number of aryl methyl sites for hydroxylation is 1. The van der Waals surface area contributed by atoms with Crippen molar-refractivity contribution in [2.45, 2.75) is 13.5 Å². The third-order valence-electron chi connectivity index (χ3n) is 4.34. The van der Waals surface area contributed by atoms with E-state index >= 15 is 0 Å². The first-order chi connectivity index (χ1) is 9.86. The molecule has 3 rings (SSSR count). The van der Waals surface area contributed by atoms with E-state index in [9.17, 15) is 8.42 Å². The number of hydrogen-bond donors (Lipinski definition) is 1. The Balaban J connectivity index is 1.67. The van der Waals surface area contributed by atoms with Crippen molar-refractivity contribution in [2.24, 2.45) is 11.3 Å². The quantitative estimate of drug-likeness (QED) is 0.822. The zero-order valence-corrected chi connectivity index (χ0v) is 13.1. The van der Waals surface area contributed by atoms with Gasteiger partial charge in [0.25, 0.3) is 0 Å². The Labute approximate surface area is 124 Å². The van der Waals surface area contributed by atoms with Gasteiger partial charge in [-0.25, -0.2) is 13.1 Å². The molecule has 2 fully saturated rings. The van der Waals surface area contributed by atoms with Gasteiger partial charge < -0.3 is 9.26 Å². The standard InChI is InChI=1S/C13H21N3O4S/c1-10-3-12(15-20-10)5-16-4-11-6-19-9-13(11,8-16)7-14-21(2,17)18/h3,11,14H,4-9H2,1-2H3/t11-,13+/m1/s1. The van der Waals surface area contributed by atoms with Gasteiger partial charge in [-0.05, 0) is 6.92 Å². The Hall–Kier alpha value is -0.960. The number of sulfonamides is 1. The summed E-state index contributed by atoms with van der Waals surface area (Å²) in [6.07, 6.45) is 1.19. The van der Waals surface area contributed by atoms with Crippen molar-refractivity contribution < 1.29 is 17.7 Å². The van der Waals surface area contributed by atoms with Gasteiger partial charge in [0.05, 0.1) is 25.2 Å². The van der Waals surface area contributed by atoms with Crippen molar-refractivity contribution in [3.05, 3.63) is 17.5 Å². The minimum atomic E-state index is -3.18. The Morgan fingerprint density at radius 3 is 3.05 bits per heavy atom. The highest BCUT2D eigenvalue weighted by atomic mass is 32.2. The highest BCUT2D eigenvalue weighted by molar-refractivity contribution is 7.88. The van der Waals surface area contributed by atoms with E-state index in [1.54, 1.807) is 0 Å². The van der Waals surface area contributed by atoms with Crippen LogP contribution in [0.1, 0.15) is 11.5 Å². The molecule has 0 saturated carbocycles. The van der Waals surface area contributed by atoms with Crippen LogP contribution in [0.3, 0.4) is 0 Å². The van der Waals surface area contributed by atoms with Gasteiger partial charge in [-0.2, -0.15) is 0 Å². The SMILES string of the molecule is Cc1cc(CN2C[C@@H]3COC[C@]3(CNS(C)(=O)=O)C2)no1. The van der Waals surface area contributed by atoms with E-state index < -0.39 is 10.0 Å². The lowest BCUT2D eigenvalue weighted by Gasteiger charge is -2.27. The lowest BCUT2D eigenvalue weighted by atomic mass is 9.81. The third-order valence-corrected chi connectivity index (χ3v) is 5.01. The van der Waals surface area contributed by atoms with Gasteiger partial charge in [0.15, 0.2) is 0 Å². The summed E-state index contributed by atoms with van der Waals surface area (Å²) >= 11 is 0. The van der Waals surface area contributed by atoms with Crippen LogP contribution in [0.2, 0.25) is 0 Å². The summed E-state index contributed by atoms with van der Waals surface area (Å²) in [6.45, 7) is 6.05. The second kappa shape index (κ2) is 5.35. The van der Waals surface area contributed by atoms with Gasteiger partial charge in [0.1, 0.15) is 5.76 Å². The van der Waals surface area contributed by atoms with Crippen molar-refractivity contribution >= 4 is 10.0 Å². The lowest BCUT2D eigenvalue weighted by molar-refractivity contribution is 0.127. The predicted molar refractivity (Wildman–Crippen MR) is 76.1 cm³/mol. The zero-order valence-electron chi connectivity index (χ0n) is 12.3. The van der Waals surface area contributed by atoms with Gasteiger partial charge >= 0.3 is 0 Å². The molecule has 0 amide bonds. The predicted octanol–water partition coefficient (Wildman–Crippen LogP) is -0.0194. The Kier molecular flexibility index (Phi) is 3.81. The highest BCUT2D eigenvalue weighted by Crippen LogP contribution is 2.41. The first kappa shape index (κ1) is 15.0. The second-order valence-electron chi connectivity index (χ2n) is 6.27. The molecule has 118 valence electrons. The molecule has 21 heavy (non-hydrogen) atoms. The monoisotopic (exact) mass is 315 g/mol. The van der Waals surface area contributed by atoms with E-state index in [2.05, 4.69) is 14.8 Å².